The maximum absolute atomic E-state index is 12.9. The molecule has 0 radical (unpaired) electrons. The van der Waals surface area contributed by atoms with Crippen LogP contribution in [0.25, 0.3) is 0 Å². The van der Waals surface area contributed by atoms with Crippen molar-refractivity contribution in [1.29, 1.82) is 0 Å². The van der Waals surface area contributed by atoms with E-state index in [1.807, 2.05) is 39.0 Å². The van der Waals surface area contributed by atoms with Crippen LogP contribution in [-0.4, -0.2) is 24.5 Å². The number of anilines is 1. The second kappa shape index (κ2) is 9.62. The Morgan fingerprint density at radius 3 is 2.52 bits per heavy atom. The molecule has 0 bridgehead atoms. The van der Waals surface area contributed by atoms with Crippen molar-refractivity contribution in [3.63, 3.8) is 0 Å². The standard InChI is InChI=1S/C20H20Cl2N4O3S2/c1-4-17(14-7-5-11(2)9-12(14)3)26-31(28,29)20-25-24-19(30-20)23-18(27)15-8-6-13(21)10-16(15)22/h5-10,17,26H,4H2,1-3H3,(H,23,24,27)/t17-/m0/s1. The number of carbonyl (C=O) groups is 1. The number of rotatable bonds is 7. The summed E-state index contributed by atoms with van der Waals surface area (Å²) in [5.74, 6) is -0.545. The summed E-state index contributed by atoms with van der Waals surface area (Å²) in [6, 6.07) is 9.89. The molecular formula is C20H20Cl2N4O3S2. The first kappa shape index (κ1) is 23.6. The van der Waals surface area contributed by atoms with Crippen molar-refractivity contribution in [3.05, 3.63) is 68.7 Å². The average Bonchev–Trinajstić information content (AvgIpc) is 3.16. The minimum Gasteiger partial charge on any atom is -0.296 e. The molecule has 0 aliphatic carbocycles. The van der Waals surface area contributed by atoms with E-state index >= 15 is 0 Å². The zero-order chi connectivity index (χ0) is 22.8. The second-order valence-corrected chi connectivity index (χ2v) is 10.6. The normalized spacial score (nSPS) is 12.5. The average molecular weight is 499 g/mol. The highest BCUT2D eigenvalue weighted by molar-refractivity contribution is 7.91. The zero-order valence-corrected chi connectivity index (χ0v) is 20.1. The Labute approximate surface area is 194 Å². The van der Waals surface area contributed by atoms with Crippen molar-refractivity contribution in [2.24, 2.45) is 0 Å². The van der Waals surface area contributed by atoms with Gasteiger partial charge in [-0.1, -0.05) is 65.2 Å². The Morgan fingerprint density at radius 2 is 1.87 bits per heavy atom. The molecular weight excluding hydrogens is 479 g/mol. The quantitative estimate of drug-likeness (QED) is 0.438. The highest BCUT2D eigenvalue weighted by Crippen LogP contribution is 2.27. The van der Waals surface area contributed by atoms with Gasteiger partial charge >= 0.3 is 0 Å². The predicted octanol–water partition coefficient (Wildman–Crippen LogP) is 5.14. The molecule has 0 fully saturated rings. The van der Waals surface area contributed by atoms with Crippen LogP contribution >= 0.6 is 34.5 Å². The first-order chi connectivity index (χ1) is 14.6. The Bertz CT molecular complexity index is 1230. The van der Waals surface area contributed by atoms with Gasteiger partial charge in [-0.2, -0.15) is 0 Å². The summed E-state index contributed by atoms with van der Waals surface area (Å²) in [7, 11) is -3.94. The number of nitrogens with zero attached hydrogens (tertiary/aromatic N) is 2. The Hall–Kier alpha value is -2.04. The molecule has 3 aromatic rings. The molecule has 0 saturated carbocycles. The van der Waals surface area contributed by atoms with Crippen molar-refractivity contribution in [3.8, 4) is 0 Å². The SMILES string of the molecule is CC[C@H](NS(=O)(=O)c1nnc(NC(=O)c2ccc(Cl)cc2Cl)s1)c1ccc(C)cc1C. The maximum atomic E-state index is 12.9. The lowest BCUT2D eigenvalue weighted by Gasteiger charge is -2.19. The van der Waals surface area contributed by atoms with Crippen molar-refractivity contribution in [2.75, 3.05) is 5.32 Å². The van der Waals surface area contributed by atoms with Crippen LogP contribution in [-0.2, 0) is 10.0 Å². The highest BCUT2D eigenvalue weighted by Gasteiger charge is 2.26. The van der Waals surface area contributed by atoms with Crippen molar-refractivity contribution >= 4 is 55.6 Å². The van der Waals surface area contributed by atoms with Crippen LogP contribution in [0.4, 0.5) is 5.13 Å². The van der Waals surface area contributed by atoms with Crippen LogP contribution in [0.3, 0.4) is 0 Å². The number of aromatic nitrogens is 2. The molecule has 0 spiro atoms. The van der Waals surface area contributed by atoms with Crippen LogP contribution in [0.15, 0.2) is 40.7 Å². The van der Waals surface area contributed by atoms with Gasteiger partial charge in [-0.05, 0) is 49.6 Å². The van der Waals surface area contributed by atoms with Crippen LogP contribution < -0.4 is 10.0 Å². The molecule has 3 rings (SSSR count). The Balaban J connectivity index is 1.77. The summed E-state index contributed by atoms with van der Waals surface area (Å²) in [4.78, 5) is 12.4. The van der Waals surface area contributed by atoms with Gasteiger partial charge in [0.05, 0.1) is 10.6 Å². The van der Waals surface area contributed by atoms with Gasteiger partial charge in [-0.15, -0.1) is 10.2 Å². The first-order valence-electron chi connectivity index (χ1n) is 9.30. The number of hydrogen-bond acceptors (Lipinski definition) is 6. The number of sulfonamides is 1. The zero-order valence-electron chi connectivity index (χ0n) is 16.9. The fraction of sp³-hybridized carbons (Fsp3) is 0.250. The van der Waals surface area contributed by atoms with Gasteiger partial charge in [-0.3, -0.25) is 10.1 Å². The summed E-state index contributed by atoms with van der Waals surface area (Å²) in [6.45, 7) is 5.82. The van der Waals surface area contributed by atoms with Gasteiger partial charge in [0, 0.05) is 11.1 Å². The third-order valence-corrected chi connectivity index (χ3v) is 7.76. The highest BCUT2D eigenvalue weighted by atomic mass is 35.5. The molecule has 0 saturated heterocycles. The molecule has 0 aliphatic heterocycles. The molecule has 1 amide bonds. The number of nitrogens with one attached hydrogen (secondary N) is 2. The molecule has 1 aromatic heterocycles. The molecule has 7 nitrogen and oxygen atoms in total. The first-order valence-corrected chi connectivity index (χ1v) is 12.4. The summed E-state index contributed by atoms with van der Waals surface area (Å²) >= 11 is 12.6. The summed E-state index contributed by atoms with van der Waals surface area (Å²) in [5.41, 5.74) is 3.18. The molecule has 1 atom stereocenters. The topological polar surface area (TPSA) is 101 Å². The van der Waals surface area contributed by atoms with Gasteiger partial charge < -0.3 is 0 Å². The maximum Gasteiger partial charge on any atom is 0.270 e. The Kier molecular flexibility index (Phi) is 7.33. The van der Waals surface area contributed by atoms with E-state index in [9.17, 15) is 13.2 Å². The number of carbonyl (C=O) groups excluding carboxylic acids is 1. The molecule has 164 valence electrons. The van der Waals surface area contributed by atoms with Crippen LogP contribution in [0.2, 0.25) is 10.0 Å². The molecule has 11 heteroatoms. The second-order valence-electron chi connectivity index (χ2n) is 6.89. The minimum absolute atomic E-state index is 0.0379. The fourth-order valence-corrected chi connectivity index (χ4v) is 5.73. The van der Waals surface area contributed by atoms with Crippen LogP contribution in [0, 0.1) is 13.8 Å². The van der Waals surface area contributed by atoms with E-state index in [1.165, 1.54) is 18.2 Å². The molecule has 0 unspecified atom stereocenters. The van der Waals surface area contributed by atoms with Gasteiger partial charge in [0.1, 0.15) is 0 Å². The van der Waals surface area contributed by atoms with Gasteiger partial charge in [0.15, 0.2) is 0 Å². The monoisotopic (exact) mass is 498 g/mol. The molecule has 2 aromatic carbocycles. The van der Waals surface area contributed by atoms with E-state index in [1.54, 1.807) is 0 Å². The molecule has 2 N–H and O–H groups in total. The summed E-state index contributed by atoms with van der Waals surface area (Å²) < 4.78 is 28.2. The summed E-state index contributed by atoms with van der Waals surface area (Å²) in [5, 5.41) is 10.6. The fourth-order valence-electron chi connectivity index (χ4n) is 3.03. The smallest absolute Gasteiger partial charge is 0.270 e. The lowest BCUT2D eigenvalue weighted by atomic mass is 9.98. The number of amides is 1. The van der Waals surface area contributed by atoms with Gasteiger partial charge in [-0.25, -0.2) is 13.1 Å². The lowest BCUT2D eigenvalue weighted by molar-refractivity contribution is 0.102. The molecule has 1 heterocycles. The van der Waals surface area contributed by atoms with Gasteiger partial charge in [0.2, 0.25) is 9.47 Å². The predicted molar refractivity (Wildman–Crippen MR) is 124 cm³/mol. The van der Waals surface area contributed by atoms with E-state index in [4.69, 9.17) is 23.2 Å². The van der Waals surface area contributed by atoms with E-state index < -0.39 is 22.0 Å². The van der Waals surface area contributed by atoms with Crippen molar-refractivity contribution in [1.82, 2.24) is 14.9 Å². The van der Waals surface area contributed by atoms with E-state index in [-0.39, 0.29) is 20.1 Å². The molecule has 0 aliphatic rings. The van der Waals surface area contributed by atoms with Crippen LogP contribution in [0.5, 0.6) is 0 Å². The number of hydrogen-bond donors (Lipinski definition) is 2. The Morgan fingerprint density at radius 1 is 1.13 bits per heavy atom. The van der Waals surface area contributed by atoms with Crippen LogP contribution in [0.1, 0.15) is 46.4 Å². The number of aryl methyl sites for hydroxylation is 2. The molecule has 31 heavy (non-hydrogen) atoms. The number of benzene rings is 2. The lowest BCUT2D eigenvalue weighted by Crippen LogP contribution is -2.28. The van der Waals surface area contributed by atoms with Gasteiger partial charge in [0.25, 0.3) is 15.9 Å². The minimum atomic E-state index is -3.94. The van der Waals surface area contributed by atoms with E-state index in [0.29, 0.717) is 11.4 Å². The van der Waals surface area contributed by atoms with Crippen molar-refractivity contribution in [2.45, 2.75) is 37.6 Å². The summed E-state index contributed by atoms with van der Waals surface area (Å²) in [6.07, 6.45) is 0.556. The third-order valence-electron chi connectivity index (χ3n) is 4.54. The van der Waals surface area contributed by atoms with E-state index in [2.05, 4.69) is 20.2 Å². The number of halogens is 2. The van der Waals surface area contributed by atoms with Crippen molar-refractivity contribution < 1.29 is 13.2 Å². The largest absolute Gasteiger partial charge is 0.296 e. The van der Waals surface area contributed by atoms with E-state index in [0.717, 1.165) is 28.0 Å². The third kappa shape index (κ3) is 5.61.